The summed E-state index contributed by atoms with van der Waals surface area (Å²) in [5.41, 5.74) is 1.59. The summed E-state index contributed by atoms with van der Waals surface area (Å²) < 4.78 is 24.0. The SMILES string of the molecule is CSc1ccc(CC(=O)Nc2nc3ccc(S(C)(=O)=O)cc3s2)cc1. The quantitative estimate of drug-likeness (QED) is 0.672. The molecule has 2 aromatic carbocycles. The summed E-state index contributed by atoms with van der Waals surface area (Å²) in [6.45, 7) is 0. The van der Waals surface area contributed by atoms with Gasteiger partial charge in [0.1, 0.15) is 0 Å². The van der Waals surface area contributed by atoms with Crippen LogP contribution in [0, 0.1) is 0 Å². The molecule has 0 radical (unpaired) electrons. The van der Waals surface area contributed by atoms with E-state index in [-0.39, 0.29) is 17.2 Å². The van der Waals surface area contributed by atoms with Gasteiger partial charge in [-0.3, -0.25) is 4.79 Å². The number of amides is 1. The summed E-state index contributed by atoms with van der Waals surface area (Å²) in [4.78, 5) is 17.9. The Morgan fingerprint density at radius 1 is 1.20 bits per heavy atom. The van der Waals surface area contributed by atoms with Gasteiger partial charge in [-0.15, -0.1) is 11.8 Å². The fourth-order valence-electron chi connectivity index (χ4n) is 2.28. The second kappa shape index (κ2) is 7.15. The predicted molar refractivity (Wildman–Crippen MR) is 103 cm³/mol. The highest BCUT2D eigenvalue weighted by Gasteiger charge is 2.12. The molecule has 0 atom stereocenters. The van der Waals surface area contributed by atoms with E-state index in [9.17, 15) is 13.2 Å². The molecule has 1 aromatic heterocycles. The van der Waals surface area contributed by atoms with Crippen molar-refractivity contribution in [3.8, 4) is 0 Å². The number of thiazole rings is 1. The van der Waals surface area contributed by atoms with Crippen molar-refractivity contribution in [2.45, 2.75) is 16.2 Å². The number of anilines is 1. The molecule has 0 spiro atoms. The number of hydrogen-bond donors (Lipinski definition) is 1. The van der Waals surface area contributed by atoms with Crippen LogP contribution < -0.4 is 5.32 Å². The highest BCUT2D eigenvalue weighted by molar-refractivity contribution is 7.98. The normalized spacial score (nSPS) is 11.6. The summed E-state index contributed by atoms with van der Waals surface area (Å²) in [7, 11) is -3.26. The Bertz CT molecular complexity index is 1020. The van der Waals surface area contributed by atoms with Gasteiger partial charge < -0.3 is 5.32 Å². The molecule has 3 rings (SSSR count). The molecule has 0 bridgehead atoms. The Balaban J connectivity index is 1.74. The van der Waals surface area contributed by atoms with Crippen LogP contribution in [0.3, 0.4) is 0 Å². The Hall–Kier alpha value is -1.90. The zero-order valence-electron chi connectivity index (χ0n) is 13.6. The second-order valence-electron chi connectivity index (χ2n) is 5.49. The number of sulfone groups is 1. The number of carbonyl (C=O) groups is 1. The minimum Gasteiger partial charge on any atom is -0.302 e. The van der Waals surface area contributed by atoms with Crippen LogP contribution in [0.5, 0.6) is 0 Å². The lowest BCUT2D eigenvalue weighted by Gasteiger charge is -2.03. The fourth-order valence-corrected chi connectivity index (χ4v) is 4.33. The van der Waals surface area contributed by atoms with Gasteiger partial charge in [0.05, 0.1) is 21.5 Å². The number of fused-ring (bicyclic) bond motifs is 1. The van der Waals surface area contributed by atoms with Gasteiger partial charge in [-0.1, -0.05) is 23.5 Å². The van der Waals surface area contributed by atoms with E-state index in [1.165, 1.54) is 23.7 Å². The molecule has 0 saturated carbocycles. The molecule has 0 aliphatic carbocycles. The minimum absolute atomic E-state index is 0.153. The molecular formula is C17H16N2O3S3. The van der Waals surface area contributed by atoms with Crippen LogP contribution in [0.1, 0.15) is 5.56 Å². The Kier molecular flexibility index (Phi) is 5.12. The molecule has 0 unspecified atom stereocenters. The van der Waals surface area contributed by atoms with E-state index in [1.807, 2.05) is 30.5 Å². The fraction of sp³-hybridized carbons (Fsp3) is 0.176. The summed E-state index contributed by atoms with van der Waals surface area (Å²) in [5.74, 6) is -0.153. The molecule has 1 heterocycles. The first-order chi connectivity index (χ1) is 11.8. The molecule has 25 heavy (non-hydrogen) atoms. The number of carbonyl (C=O) groups excluding carboxylic acids is 1. The molecule has 0 fully saturated rings. The lowest BCUT2D eigenvalue weighted by Crippen LogP contribution is -2.14. The van der Waals surface area contributed by atoms with Crippen molar-refractivity contribution >= 4 is 54.2 Å². The number of hydrogen-bond acceptors (Lipinski definition) is 6. The van der Waals surface area contributed by atoms with Gasteiger partial charge in [-0.05, 0) is 42.2 Å². The van der Waals surface area contributed by atoms with Crippen molar-refractivity contribution in [2.75, 3.05) is 17.8 Å². The second-order valence-corrected chi connectivity index (χ2v) is 9.42. The summed E-state index contributed by atoms with van der Waals surface area (Å²) in [6, 6.07) is 12.6. The van der Waals surface area contributed by atoms with Crippen LogP contribution in [0.4, 0.5) is 5.13 Å². The van der Waals surface area contributed by atoms with Gasteiger partial charge in [0.25, 0.3) is 0 Å². The van der Waals surface area contributed by atoms with Crippen molar-refractivity contribution in [1.29, 1.82) is 0 Å². The van der Waals surface area contributed by atoms with E-state index in [0.717, 1.165) is 15.2 Å². The molecule has 8 heteroatoms. The molecule has 0 aliphatic heterocycles. The zero-order valence-corrected chi connectivity index (χ0v) is 16.1. The number of aromatic nitrogens is 1. The van der Waals surface area contributed by atoms with Crippen LogP contribution in [-0.4, -0.2) is 31.8 Å². The van der Waals surface area contributed by atoms with Gasteiger partial charge in [-0.2, -0.15) is 0 Å². The van der Waals surface area contributed by atoms with Crippen LogP contribution in [-0.2, 0) is 21.1 Å². The molecule has 0 saturated heterocycles. The van der Waals surface area contributed by atoms with Gasteiger partial charge in [0, 0.05) is 11.2 Å². The number of rotatable bonds is 5. The third kappa shape index (κ3) is 4.39. The predicted octanol–water partition coefficient (Wildman–Crippen LogP) is 3.60. The molecule has 130 valence electrons. The lowest BCUT2D eigenvalue weighted by atomic mass is 10.1. The first-order valence-electron chi connectivity index (χ1n) is 7.38. The first-order valence-corrected chi connectivity index (χ1v) is 11.3. The highest BCUT2D eigenvalue weighted by Crippen LogP contribution is 2.28. The van der Waals surface area contributed by atoms with Crippen LogP contribution in [0.2, 0.25) is 0 Å². The number of benzene rings is 2. The zero-order chi connectivity index (χ0) is 18.0. The molecular weight excluding hydrogens is 376 g/mol. The third-order valence-corrected chi connectivity index (χ3v) is 6.35. The largest absolute Gasteiger partial charge is 0.302 e. The maximum absolute atomic E-state index is 12.2. The van der Waals surface area contributed by atoms with Gasteiger partial charge in [0.2, 0.25) is 5.91 Å². The maximum Gasteiger partial charge on any atom is 0.230 e. The standard InChI is InChI=1S/C17H16N2O3S3/c1-23-12-5-3-11(4-6-12)9-16(20)19-17-18-14-8-7-13(25(2,21)22)10-15(14)24-17/h3-8,10H,9H2,1-2H3,(H,18,19,20). The minimum atomic E-state index is -3.26. The lowest BCUT2D eigenvalue weighted by molar-refractivity contribution is -0.115. The monoisotopic (exact) mass is 392 g/mol. The third-order valence-electron chi connectivity index (χ3n) is 3.56. The topological polar surface area (TPSA) is 76.1 Å². The van der Waals surface area contributed by atoms with Crippen LogP contribution in [0.15, 0.2) is 52.3 Å². The number of nitrogens with one attached hydrogen (secondary N) is 1. The summed E-state index contributed by atoms with van der Waals surface area (Å²) in [6.07, 6.45) is 3.43. The number of thioether (sulfide) groups is 1. The summed E-state index contributed by atoms with van der Waals surface area (Å²) in [5, 5.41) is 3.24. The highest BCUT2D eigenvalue weighted by atomic mass is 32.2. The van der Waals surface area contributed by atoms with E-state index in [2.05, 4.69) is 10.3 Å². The molecule has 0 aliphatic rings. The van der Waals surface area contributed by atoms with E-state index in [1.54, 1.807) is 23.9 Å². The summed E-state index contributed by atoms with van der Waals surface area (Å²) >= 11 is 2.91. The van der Waals surface area contributed by atoms with E-state index in [0.29, 0.717) is 10.6 Å². The molecule has 3 aromatic rings. The number of nitrogens with zero attached hydrogens (tertiary/aromatic N) is 1. The first kappa shape index (κ1) is 17.9. The average Bonchev–Trinajstić information content (AvgIpc) is 2.95. The van der Waals surface area contributed by atoms with Crippen molar-refractivity contribution in [1.82, 2.24) is 4.98 Å². The van der Waals surface area contributed by atoms with Crippen LogP contribution in [0.25, 0.3) is 10.2 Å². The van der Waals surface area contributed by atoms with Crippen molar-refractivity contribution in [3.63, 3.8) is 0 Å². The molecule has 1 amide bonds. The van der Waals surface area contributed by atoms with Crippen LogP contribution >= 0.6 is 23.1 Å². The van der Waals surface area contributed by atoms with E-state index >= 15 is 0 Å². The Labute approximate surface area is 154 Å². The van der Waals surface area contributed by atoms with Gasteiger partial charge in [-0.25, -0.2) is 13.4 Å². The van der Waals surface area contributed by atoms with E-state index in [4.69, 9.17) is 0 Å². The smallest absolute Gasteiger partial charge is 0.230 e. The van der Waals surface area contributed by atoms with Gasteiger partial charge in [0.15, 0.2) is 15.0 Å². The average molecular weight is 393 g/mol. The van der Waals surface area contributed by atoms with E-state index < -0.39 is 9.84 Å². The van der Waals surface area contributed by atoms with Gasteiger partial charge >= 0.3 is 0 Å². The van der Waals surface area contributed by atoms with Crippen molar-refractivity contribution in [2.24, 2.45) is 0 Å². The molecule has 5 nitrogen and oxygen atoms in total. The van der Waals surface area contributed by atoms with Crippen molar-refractivity contribution in [3.05, 3.63) is 48.0 Å². The maximum atomic E-state index is 12.2. The molecule has 1 N–H and O–H groups in total. The van der Waals surface area contributed by atoms with Crippen molar-refractivity contribution < 1.29 is 13.2 Å². The Morgan fingerprint density at radius 2 is 1.92 bits per heavy atom. The Morgan fingerprint density at radius 3 is 2.56 bits per heavy atom.